The maximum atomic E-state index is 13.2. The van der Waals surface area contributed by atoms with E-state index in [0.29, 0.717) is 5.92 Å². The van der Waals surface area contributed by atoms with Crippen LogP contribution in [-0.2, 0) is 0 Å². The van der Waals surface area contributed by atoms with Crippen LogP contribution in [0, 0.1) is 17.7 Å². The summed E-state index contributed by atoms with van der Waals surface area (Å²) >= 11 is 0. The first kappa shape index (κ1) is 23.5. The number of piperidine rings is 1. The summed E-state index contributed by atoms with van der Waals surface area (Å²) in [5, 5.41) is 0. The zero-order chi connectivity index (χ0) is 21.3. The molecule has 0 amide bonds. The van der Waals surface area contributed by atoms with E-state index in [0.717, 1.165) is 17.9 Å². The maximum Gasteiger partial charge on any atom is 0.123 e. The van der Waals surface area contributed by atoms with Crippen LogP contribution in [0.15, 0.2) is 35.9 Å². The van der Waals surface area contributed by atoms with Crippen molar-refractivity contribution < 1.29 is 4.39 Å². The summed E-state index contributed by atoms with van der Waals surface area (Å²) < 4.78 is 13.2. The van der Waals surface area contributed by atoms with Crippen molar-refractivity contribution in [3.05, 3.63) is 47.3 Å². The molecule has 0 N–H and O–H groups in total. The van der Waals surface area contributed by atoms with Gasteiger partial charge in [-0.05, 0) is 106 Å². The number of allylic oxidation sites excluding steroid dienone is 2. The number of likely N-dealkylation sites (tertiary alicyclic amines) is 1. The lowest BCUT2D eigenvalue weighted by Gasteiger charge is -2.38. The molecular formula is C28H44FN. The SMILES string of the molecule is CCCCC(CCC(C)CC1=CC(C)CCC1)N1CCC(c2ccc(F)cc2)CC1. The third kappa shape index (κ3) is 7.22. The van der Waals surface area contributed by atoms with E-state index in [1.807, 2.05) is 12.1 Å². The predicted octanol–water partition coefficient (Wildman–Crippen LogP) is 8.12. The quantitative estimate of drug-likeness (QED) is 0.350. The topological polar surface area (TPSA) is 3.24 Å². The van der Waals surface area contributed by atoms with Crippen molar-refractivity contribution in [2.45, 2.75) is 103 Å². The molecule has 1 heterocycles. The Morgan fingerprint density at radius 3 is 2.43 bits per heavy atom. The van der Waals surface area contributed by atoms with E-state index in [1.165, 1.54) is 89.3 Å². The largest absolute Gasteiger partial charge is 0.300 e. The standard InChI is InChI=1S/C28H44FN/c1-4-5-9-28(15-10-23(3)21-24-8-6-7-22(2)20-24)30-18-16-26(17-19-30)25-11-13-27(29)14-12-25/h11-14,20,22-23,26,28H,4-10,15-19,21H2,1-3H3. The molecular weight excluding hydrogens is 369 g/mol. The minimum atomic E-state index is -0.122. The number of halogens is 1. The molecule has 2 aliphatic rings. The summed E-state index contributed by atoms with van der Waals surface area (Å²) in [5.74, 6) is 2.08. The molecule has 1 aliphatic heterocycles. The molecule has 1 saturated heterocycles. The van der Waals surface area contributed by atoms with Gasteiger partial charge in [0.05, 0.1) is 0 Å². The van der Waals surface area contributed by atoms with E-state index in [2.05, 4.69) is 31.7 Å². The first-order valence-electron chi connectivity index (χ1n) is 12.7. The minimum Gasteiger partial charge on any atom is -0.300 e. The Balaban J connectivity index is 1.48. The highest BCUT2D eigenvalue weighted by molar-refractivity contribution is 5.21. The van der Waals surface area contributed by atoms with E-state index >= 15 is 0 Å². The second-order valence-corrected chi connectivity index (χ2v) is 10.2. The third-order valence-electron chi connectivity index (χ3n) is 7.56. The van der Waals surface area contributed by atoms with Crippen LogP contribution in [0.3, 0.4) is 0 Å². The van der Waals surface area contributed by atoms with Gasteiger partial charge < -0.3 is 4.90 Å². The second kappa shape index (κ2) is 12.0. The van der Waals surface area contributed by atoms with Gasteiger partial charge in [0.15, 0.2) is 0 Å². The van der Waals surface area contributed by atoms with Crippen molar-refractivity contribution >= 4 is 0 Å². The van der Waals surface area contributed by atoms with Gasteiger partial charge >= 0.3 is 0 Å². The van der Waals surface area contributed by atoms with Crippen LogP contribution in [0.1, 0.15) is 103 Å². The highest BCUT2D eigenvalue weighted by Gasteiger charge is 2.26. The van der Waals surface area contributed by atoms with Gasteiger partial charge in [0.1, 0.15) is 5.82 Å². The number of unbranched alkanes of at least 4 members (excludes halogenated alkanes) is 1. The summed E-state index contributed by atoms with van der Waals surface area (Å²) in [6.45, 7) is 9.57. The lowest BCUT2D eigenvalue weighted by molar-refractivity contribution is 0.130. The summed E-state index contributed by atoms with van der Waals surface area (Å²) in [5.41, 5.74) is 3.05. The molecule has 1 aliphatic carbocycles. The first-order chi connectivity index (χ1) is 14.5. The summed E-state index contributed by atoms with van der Waals surface area (Å²) in [6.07, 6.45) is 17.1. The monoisotopic (exact) mass is 413 g/mol. The number of hydrogen-bond acceptors (Lipinski definition) is 1. The Labute approximate surface area is 185 Å². The molecule has 0 bridgehead atoms. The Bertz CT molecular complexity index is 641. The molecule has 3 rings (SSSR count). The van der Waals surface area contributed by atoms with Crippen LogP contribution in [0.25, 0.3) is 0 Å². The fourth-order valence-corrected chi connectivity index (χ4v) is 5.70. The molecule has 2 heteroatoms. The molecule has 1 aromatic rings. The summed E-state index contributed by atoms with van der Waals surface area (Å²) in [7, 11) is 0. The van der Waals surface area contributed by atoms with Crippen molar-refractivity contribution in [1.82, 2.24) is 4.90 Å². The van der Waals surface area contributed by atoms with Gasteiger partial charge in [0.25, 0.3) is 0 Å². The van der Waals surface area contributed by atoms with Gasteiger partial charge in [-0.1, -0.05) is 57.4 Å². The molecule has 168 valence electrons. The van der Waals surface area contributed by atoms with Gasteiger partial charge in [-0.25, -0.2) is 4.39 Å². The van der Waals surface area contributed by atoms with E-state index in [9.17, 15) is 4.39 Å². The van der Waals surface area contributed by atoms with Crippen molar-refractivity contribution in [3.63, 3.8) is 0 Å². The van der Waals surface area contributed by atoms with Crippen molar-refractivity contribution in [2.24, 2.45) is 11.8 Å². The van der Waals surface area contributed by atoms with Crippen LogP contribution in [0.4, 0.5) is 4.39 Å². The Morgan fingerprint density at radius 2 is 1.77 bits per heavy atom. The first-order valence-corrected chi connectivity index (χ1v) is 12.7. The molecule has 1 fully saturated rings. The van der Waals surface area contributed by atoms with Crippen LogP contribution in [0.2, 0.25) is 0 Å². The number of hydrogen-bond donors (Lipinski definition) is 0. The second-order valence-electron chi connectivity index (χ2n) is 10.2. The predicted molar refractivity (Wildman–Crippen MR) is 127 cm³/mol. The Hall–Kier alpha value is -1.15. The van der Waals surface area contributed by atoms with Gasteiger partial charge in [-0.15, -0.1) is 0 Å². The van der Waals surface area contributed by atoms with E-state index < -0.39 is 0 Å². The average Bonchev–Trinajstić information content (AvgIpc) is 2.75. The lowest BCUT2D eigenvalue weighted by atomic mass is 9.84. The minimum absolute atomic E-state index is 0.122. The average molecular weight is 414 g/mol. The van der Waals surface area contributed by atoms with Crippen molar-refractivity contribution in [1.29, 1.82) is 0 Å². The van der Waals surface area contributed by atoms with Crippen molar-refractivity contribution in [3.8, 4) is 0 Å². The van der Waals surface area contributed by atoms with E-state index in [4.69, 9.17) is 0 Å². The summed E-state index contributed by atoms with van der Waals surface area (Å²) in [4.78, 5) is 2.78. The van der Waals surface area contributed by atoms with Crippen LogP contribution in [0.5, 0.6) is 0 Å². The van der Waals surface area contributed by atoms with Crippen LogP contribution < -0.4 is 0 Å². The zero-order valence-corrected chi connectivity index (χ0v) is 19.7. The molecule has 30 heavy (non-hydrogen) atoms. The molecule has 1 nitrogen and oxygen atoms in total. The molecule has 0 radical (unpaired) electrons. The van der Waals surface area contributed by atoms with Gasteiger partial charge in [-0.2, -0.15) is 0 Å². The Kier molecular flexibility index (Phi) is 9.43. The van der Waals surface area contributed by atoms with Crippen molar-refractivity contribution in [2.75, 3.05) is 13.1 Å². The fourth-order valence-electron chi connectivity index (χ4n) is 5.70. The fraction of sp³-hybridized carbons (Fsp3) is 0.714. The molecule has 0 spiro atoms. The zero-order valence-electron chi connectivity index (χ0n) is 19.7. The number of rotatable bonds is 10. The molecule has 0 aromatic heterocycles. The molecule has 3 atom stereocenters. The maximum absolute atomic E-state index is 13.2. The normalized spacial score (nSPS) is 23.2. The smallest absolute Gasteiger partial charge is 0.123 e. The number of benzene rings is 1. The summed E-state index contributed by atoms with van der Waals surface area (Å²) in [6, 6.07) is 7.98. The molecule has 0 saturated carbocycles. The van der Waals surface area contributed by atoms with Gasteiger partial charge in [-0.3, -0.25) is 0 Å². The van der Waals surface area contributed by atoms with E-state index in [1.54, 1.807) is 17.7 Å². The number of nitrogens with zero attached hydrogens (tertiary/aromatic N) is 1. The van der Waals surface area contributed by atoms with Gasteiger partial charge in [0, 0.05) is 6.04 Å². The third-order valence-corrected chi connectivity index (χ3v) is 7.56. The highest BCUT2D eigenvalue weighted by Crippen LogP contribution is 2.32. The van der Waals surface area contributed by atoms with E-state index in [-0.39, 0.29) is 5.82 Å². The molecule has 1 aromatic carbocycles. The van der Waals surface area contributed by atoms with Gasteiger partial charge in [0.2, 0.25) is 0 Å². The van der Waals surface area contributed by atoms with Crippen LogP contribution >= 0.6 is 0 Å². The lowest BCUT2D eigenvalue weighted by Crippen LogP contribution is -2.41. The van der Waals surface area contributed by atoms with Crippen LogP contribution in [-0.4, -0.2) is 24.0 Å². The highest BCUT2D eigenvalue weighted by atomic mass is 19.1. The molecule has 3 unspecified atom stereocenters. The Morgan fingerprint density at radius 1 is 1.03 bits per heavy atom.